The van der Waals surface area contributed by atoms with Crippen LogP contribution >= 0.6 is 23.2 Å². The van der Waals surface area contributed by atoms with Crippen molar-refractivity contribution in [1.82, 2.24) is 5.16 Å². The van der Waals surface area contributed by atoms with Gasteiger partial charge in [-0.3, -0.25) is 0 Å². The molecule has 0 spiro atoms. The molecular formula is C24H21Cl2NO4. The summed E-state index contributed by atoms with van der Waals surface area (Å²) < 4.78 is 11.4. The van der Waals surface area contributed by atoms with Crippen molar-refractivity contribution in [3.63, 3.8) is 0 Å². The van der Waals surface area contributed by atoms with Gasteiger partial charge in [-0.15, -0.1) is 0 Å². The largest absolute Gasteiger partial charge is 0.478 e. The van der Waals surface area contributed by atoms with Crippen molar-refractivity contribution < 1.29 is 19.2 Å². The lowest BCUT2D eigenvalue weighted by Gasteiger charge is -2.05. The van der Waals surface area contributed by atoms with Gasteiger partial charge in [0.05, 0.1) is 28.8 Å². The minimum atomic E-state index is -0.936. The Kier molecular flexibility index (Phi) is 6.76. The molecule has 0 aliphatic heterocycles. The Morgan fingerprint density at radius 1 is 1.16 bits per heavy atom. The second-order valence-electron chi connectivity index (χ2n) is 7.43. The minimum Gasteiger partial charge on any atom is -0.478 e. The van der Waals surface area contributed by atoms with Crippen LogP contribution in [0, 0.1) is 0 Å². The summed E-state index contributed by atoms with van der Waals surface area (Å²) in [7, 11) is 0. The molecule has 7 heteroatoms. The van der Waals surface area contributed by atoms with Crippen LogP contribution in [0.5, 0.6) is 0 Å². The molecule has 3 aromatic rings. The second kappa shape index (κ2) is 9.69. The summed E-state index contributed by atoms with van der Waals surface area (Å²) in [6, 6.07) is 12.1. The summed E-state index contributed by atoms with van der Waals surface area (Å²) in [6.45, 7) is 0.957. The monoisotopic (exact) mass is 457 g/mol. The molecule has 0 atom stereocenters. The number of carboxylic acid groups (broad SMARTS) is 1. The van der Waals surface area contributed by atoms with Crippen LogP contribution in [0.3, 0.4) is 0 Å². The van der Waals surface area contributed by atoms with Crippen molar-refractivity contribution in [2.24, 2.45) is 0 Å². The van der Waals surface area contributed by atoms with Crippen molar-refractivity contribution in [2.45, 2.75) is 31.8 Å². The van der Waals surface area contributed by atoms with Crippen molar-refractivity contribution in [3.05, 3.63) is 81.0 Å². The molecule has 1 aliphatic rings. The average molecular weight is 458 g/mol. The first-order valence-electron chi connectivity index (χ1n) is 10.0. The van der Waals surface area contributed by atoms with Gasteiger partial charge in [-0.2, -0.15) is 0 Å². The molecule has 1 saturated carbocycles. The van der Waals surface area contributed by atoms with E-state index in [1.54, 1.807) is 42.5 Å². The van der Waals surface area contributed by atoms with Gasteiger partial charge >= 0.3 is 5.97 Å². The lowest BCUT2D eigenvalue weighted by Crippen LogP contribution is -1.98. The predicted octanol–water partition coefficient (Wildman–Crippen LogP) is 6.84. The summed E-state index contributed by atoms with van der Waals surface area (Å²) in [5.41, 5.74) is 3.46. The first-order valence-corrected chi connectivity index (χ1v) is 10.8. The SMILES string of the molecule is O=C(O)c1ccc(COCC/C=C/c2c(-c3c(Cl)cccc3Cl)noc2C2CC2)cc1. The van der Waals surface area contributed by atoms with E-state index in [0.717, 1.165) is 29.7 Å². The fourth-order valence-corrected chi connectivity index (χ4v) is 3.88. The maximum absolute atomic E-state index is 10.9. The summed E-state index contributed by atoms with van der Waals surface area (Å²) >= 11 is 12.8. The molecule has 160 valence electrons. The Hall–Kier alpha value is -2.60. The molecule has 1 aromatic heterocycles. The molecule has 31 heavy (non-hydrogen) atoms. The maximum atomic E-state index is 10.9. The molecule has 0 saturated heterocycles. The summed E-state index contributed by atoms with van der Waals surface area (Å²) in [6.07, 6.45) is 6.92. The third-order valence-corrected chi connectivity index (χ3v) is 5.72. The molecule has 4 rings (SSSR count). The third-order valence-electron chi connectivity index (χ3n) is 5.09. The van der Waals surface area contributed by atoms with E-state index in [1.807, 2.05) is 12.2 Å². The number of hydrogen-bond acceptors (Lipinski definition) is 4. The van der Waals surface area contributed by atoms with Gasteiger partial charge in [0, 0.05) is 17.0 Å². The molecule has 0 amide bonds. The highest BCUT2D eigenvalue weighted by molar-refractivity contribution is 6.39. The van der Waals surface area contributed by atoms with Crippen LogP contribution in [-0.4, -0.2) is 22.8 Å². The highest BCUT2D eigenvalue weighted by Crippen LogP contribution is 2.46. The topological polar surface area (TPSA) is 72.6 Å². The van der Waals surface area contributed by atoms with Crippen LogP contribution in [0.15, 0.2) is 53.1 Å². The number of hydrogen-bond donors (Lipinski definition) is 1. The minimum absolute atomic E-state index is 0.265. The zero-order chi connectivity index (χ0) is 21.8. The molecular weight excluding hydrogens is 437 g/mol. The van der Waals surface area contributed by atoms with Gasteiger partial charge in [-0.1, -0.05) is 58.7 Å². The Balaban J connectivity index is 1.39. The molecule has 1 N–H and O–H groups in total. The smallest absolute Gasteiger partial charge is 0.335 e. The number of carbonyl (C=O) groups is 1. The molecule has 0 radical (unpaired) electrons. The maximum Gasteiger partial charge on any atom is 0.335 e. The van der Waals surface area contributed by atoms with Gasteiger partial charge in [0.1, 0.15) is 11.5 Å². The lowest BCUT2D eigenvalue weighted by molar-refractivity contribution is 0.0696. The highest BCUT2D eigenvalue weighted by Gasteiger charge is 2.32. The van der Waals surface area contributed by atoms with E-state index in [9.17, 15) is 4.79 Å². The van der Waals surface area contributed by atoms with Crippen LogP contribution in [0.25, 0.3) is 17.3 Å². The van der Waals surface area contributed by atoms with Crippen molar-refractivity contribution in [3.8, 4) is 11.3 Å². The van der Waals surface area contributed by atoms with E-state index >= 15 is 0 Å². The first-order chi connectivity index (χ1) is 15.0. The second-order valence-corrected chi connectivity index (χ2v) is 8.24. The van der Waals surface area contributed by atoms with Gasteiger partial charge in [-0.05, 0) is 49.1 Å². The quantitative estimate of drug-likeness (QED) is 0.355. The molecule has 1 heterocycles. The van der Waals surface area contributed by atoms with E-state index in [2.05, 4.69) is 5.16 Å². The Morgan fingerprint density at radius 3 is 2.52 bits per heavy atom. The standard InChI is InChI=1S/C24H21Cl2NO4/c25-19-5-3-6-20(26)21(19)22-18(23(31-27-22)16-11-12-16)4-1-2-13-30-14-15-7-9-17(10-8-15)24(28)29/h1,3-10,16H,2,11-14H2,(H,28,29)/b4-1+. The molecule has 5 nitrogen and oxygen atoms in total. The van der Waals surface area contributed by atoms with Gasteiger partial charge in [0.15, 0.2) is 0 Å². The van der Waals surface area contributed by atoms with Crippen molar-refractivity contribution >= 4 is 35.2 Å². The van der Waals surface area contributed by atoms with Gasteiger partial charge in [0.2, 0.25) is 0 Å². The Morgan fingerprint density at radius 2 is 1.87 bits per heavy atom. The molecule has 2 aromatic carbocycles. The van der Waals surface area contributed by atoms with Crippen LogP contribution < -0.4 is 0 Å². The number of aromatic nitrogens is 1. The van der Waals surface area contributed by atoms with Crippen LogP contribution in [-0.2, 0) is 11.3 Å². The Labute approximate surface area is 190 Å². The zero-order valence-corrected chi connectivity index (χ0v) is 18.2. The van der Waals surface area contributed by atoms with E-state index in [1.165, 1.54) is 0 Å². The number of rotatable bonds is 9. The van der Waals surface area contributed by atoms with Crippen LogP contribution in [0.1, 0.15) is 52.4 Å². The van der Waals surface area contributed by atoms with Gasteiger partial charge in [-0.25, -0.2) is 4.79 Å². The molecule has 0 bridgehead atoms. The molecule has 1 fully saturated rings. The number of ether oxygens (including phenoxy) is 1. The number of benzene rings is 2. The number of carboxylic acids is 1. The average Bonchev–Trinajstić information content (AvgIpc) is 3.52. The fraction of sp³-hybridized carbons (Fsp3) is 0.250. The Bertz CT molecular complexity index is 1080. The number of aromatic carboxylic acids is 1. The predicted molar refractivity (Wildman–Crippen MR) is 121 cm³/mol. The summed E-state index contributed by atoms with van der Waals surface area (Å²) in [5, 5.41) is 14.3. The number of nitrogens with zero attached hydrogens (tertiary/aromatic N) is 1. The van der Waals surface area contributed by atoms with E-state index in [0.29, 0.717) is 46.9 Å². The van der Waals surface area contributed by atoms with Gasteiger partial charge in [0.25, 0.3) is 0 Å². The van der Waals surface area contributed by atoms with Crippen LogP contribution in [0.4, 0.5) is 0 Å². The molecule has 1 aliphatic carbocycles. The van der Waals surface area contributed by atoms with Crippen molar-refractivity contribution in [2.75, 3.05) is 6.61 Å². The number of halogens is 2. The highest BCUT2D eigenvalue weighted by atomic mass is 35.5. The fourth-order valence-electron chi connectivity index (χ4n) is 3.30. The first kappa shape index (κ1) is 21.6. The van der Waals surface area contributed by atoms with Crippen LogP contribution in [0.2, 0.25) is 10.0 Å². The summed E-state index contributed by atoms with van der Waals surface area (Å²) in [5.74, 6) is 0.336. The van der Waals surface area contributed by atoms with E-state index in [4.69, 9.17) is 37.6 Å². The normalized spacial score (nSPS) is 13.7. The van der Waals surface area contributed by atoms with Gasteiger partial charge < -0.3 is 14.4 Å². The molecule has 0 unspecified atom stereocenters. The third kappa shape index (κ3) is 5.18. The van der Waals surface area contributed by atoms with Crippen molar-refractivity contribution in [1.29, 1.82) is 0 Å². The van der Waals surface area contributed by atoms with E-state index in [-0.39, 0.29) is 5.56 Å². The zero-order valence-electron chi connectivity index (χ0n) is 16.7. The summed E-state index contributed by atoms with van der Waals surface area (Å²) in [4.78, 5) is 10.9. The lowest BCUT2D eigenvalue weighted by atomic mass is 10.0. The van der Waals surface area contributed by atoms with E-state index < -0.39 is 5.97 Å².